The van der Waals surface area contributed by atoms with Crippen molar-refractivity contribution >= 4 is 33.7 Å². The van der Waals surface area contributed by atoms with E-state index in [-0.39, 0.29) is 6.54 Å². The Hall–Kier alpha value is -3.81. The summed E-state index contributed by atoms with van der Waals surface area (Å²) in [5, 5.41) is 7.43. The van der Waals surface area contributed by atoms with Crippen molar-refractivity contribution in [3.8, 4) is 11.6 Å². The van der Waals surface area contributed by atoms with Crippen molar-refractivity contribution in [2.45, 2.75) is 6.54 Å². The van der Waals surface area contributed by atoms with E-state index in [9.17, 15) is 4.79 Å². The molecule has 2 aromatic carbocycles. The molecule has 2 aromatic heterocycles. The summed E-state index contributed by atoms with van der Waals surface area (Å²) in [6.45, 7) is 0.220. The standard InChI is InChI=1S/C20H18N4O4/c1-26-18-7-14-13-5-3-4-6-16(13)28-17(14)8-15(18)24-20(25)23-10-12-9-22-19(27-2)11-21-12/h3-9,11H,10H2,1-2H3,(H2,23,24,25). The molecule has 0 unspecified atom stereocenters. The zero-order chi connectivity index (χ0) is 19.5. The van der Waals surface area contributed by atoms with Gasteiger partial charge in [-0.3, -0.25) is 4.98 Å². The smallest absolute Gasteiger partial charge is 0.319 e. The number of methoxy groups -OCH3 is 2. The number of anilines is 1. The van der Waals surface area contributed by atoms with Crippen LogP contribution in [0, 0.1) is 0 Å². The Bertz CT molecular complexity index is 1140. The summed E-state index contributed by atoms with van der Waals surface area (Å²) < 4.78 is 16.3. The summed E-state index contributed by atoms with van der Waals surface area (Å²) in [6, 6.07) is 11.0. The monoisotopic (exact) mass is 378 g/mol. The van der Waals surface area contributed by atoms with Gasteiger partial charge in [-0.1, -0.05) is 18.2 Å². The van der Waals surface area contributed by atoms with Gasteiger partial charge in [0.05, 0.1) is 44.5 Å². The number of hydrogen-bond donors (Lipinski definition) is 2. The molecule has 0 fully saturated rings. The first-order valence-electron chi connectivity index (χ1n) is 8.57. The molecule has 8 heteroatoms. The number of ether oxygens (including phenoxy) is 2. The van der Waals surface area contributed by atoms with Crippen LogP contribution >= 0.6 is 0 Å². The van der Waals surface area contributed by atoms with Crippen molar-refractivity contribution in [3.63, 3.8) is 0 Å². The fraction of sp³-hybridized carbons (Fsp3) is 0.150. The second-order valence-electron chi connectivity index (χ2n) is 6.00. The molecule has 8 nitrogen and oxygen atoms in total. The number of aromatic nitrogens is 2. The lowest BCUT2D eigenvalue weighted by atomic mass is 10.1. The molecule has 28 heavy (non-hydrogen) atoms. The van der Waals surface area contributed by atoms with E-state index in [0.29, 0.717) is 28.6 Å². The zero-order valence-electron chi connectivity index (χ0n) is 15.4. The number of hydrogen-bond acceptors (Lipinski definition) is 6. The first-order valence-corrected chi connectivity index (χ1v) is 8.57. The molecule has 0 atom stereocenters. The maximum Gasteiger partial charge on any atom is 0.319 e. The van der Waals surface area contributed by atoms with Crippen LogP contribution in [0.3, 0.4) is 0 Å². The summed E-state index contributed by atoms with van der Waals surface area (Å²) in [6.07, 6.45) is 3.04. The van der Waals surface area contributed by atoms with E-state index in [1.165, 1.54) is 13.3 Å². The van der Waals surface area contributed by atoms with E-state index in [0.717, 1.165) is 16.4 Å². The lowest BCUT2D eigenvalue weighted by Crippen LogP contribution is -2.28. The van der Waals surface area contributed by atoms with Gasteiger partial charge in [-0.05, 0) is 12.1 Å². The molecule has 2 amide bonds. The Kier molecular flexibility index (Phi) is 4.67. The van der Waals surface area contributed by atoms with Gasteiger partial charge in [-0.15, -0.1) is 0 Å². The Labute approximate surface area is 160 Å². The maximum absolute atomic E-state index is 12.3. The van der Waals surface area contributed by atoms with Crippen molar-refractivity contribution < 1.29 is 18.7 Å². The molecule has 0 aliphatic carbocycles. The molecule has 0 aliphatic rings. The van der Waals surface area contributed by atoms with Gasteiger partial charge in [0.2, 0.25) is 5.88 Å². The minimum atomic E-state index is -0.397. The van der Waals surface area contributed by atoms with Crippen LogP contribution in [0.25, 0.3) is 21.9 Å². The molecular formula is C20H18N4O4. The highest BCUT2D eigenvalue weighted by molar-refractivity contribution is 6.07. The highest BCUT2D eigenvalue weighted by Crippen LogP contribution is 2.36. The third-order valence-corrected chi connectivity index (χ3v) is 4.27. The largest absolute Gasteiger partial charge is 0.495 e. The number of nitrogens with one attached hydrogen (secondary N) is 2. The normalized spacial score (nSPS) is 10.8. The summed E-state index contributed by atoms with van der Waals surface area (Å²) in [5.41, 5.74) is 2.56. The van der Waals surface area contributed by atoms with Crippen molar-refractivity contribution in [2.24, 2.45) is 0 Å². The second kappa shape index (κ2) is 7.43. The number of urea groups is 1. The zero-order valence-corrected chi connectivity index (χ0v) is 15.4. The molecule has 0 saturated heterocycles. The molecule has 4 rings (SSSR count). The third kappa shape index (κ3) is 3.39. The molecule has 0 aliphatic heterocycles. The first-order chi connectivity index (χ1) is 13.7. The minimum Gasteiger partial charge on any atom is -0.495 e. The van der Waals surface area contributed by atoms with Gasteiger partial charge >= 0.3 is 6.03 Å². The predicted octanol–water partition coefficient (Wildman–Crippen LogP) is 3.71. The van der Waals surface area contributed by atoms with Gasteiger partial charge in [-0.25, -0.2) is 9.78 Å². The summed E-state index contributed by atoms with van der Waals surface area (Å²) in [7, 11) is 3.07. The van der Waals surface area contributed by atoms with Crippen LogP contribution in [0.1, 0.15) is 5.69 Å². The van der Waals surface area contributed by atoms with Crippen LogP contribution in [0.4, 0.5) is 10.5 Å². The van der Waals surface area contributed by atoms with Crippen LogP contribution in [0.2, 0.25) is 0 Å². The van der Waals surface area contributed by atoms with Gasteiger partial charge in [0.1, 0.15) is 16.9 Å². The lowest BCUT2D eigenvalue weighted by Gasteiger charge is -2.11. The van der Waals surface area contributed by atoms with Crippen molar-refractivity contribution in [1.29, 1.82) is 0 Å². The Balaban J connectivity index is 1.52. The van der Waals surface area contributed by atoms with Crippen LogP contribution in [-0.2, 0) is 6.54 Å². The molecule has 0 saturated carbocycles. The average Bonchev–Trinajstić information content (AvgIpc) is 3.09. The van der Waals surface area contributed by atoms with Gasteiger partial charge in [-0.2, -0.15) is 0 Å². The molecule has 2 heterocycles. The van der Waals surface area contributed by atoms with Crippen molar-refractivity contribution in [1.82, 2.24) is 15.3 Å². The van der Waals surface area contributed by atoms with Gasteiger partial charge in [0.15, 0.2) is 0 Å². The van der Waals surface area contributed by atoms with E-state index in [2.05, 4.69) is 20.6 Å². The highest BCUT2D eigenvalue weighted by Gasteiger charge is 2.14. The van der Waals surface area contributed by atoms with Crippen molar-refractivity contribution in [3.05, 3.63) is 54.5 Å². The SMILES string of the molecule is COc1cnc(CNC(=O)Nc2cc3oc4ccccc4c3cc2OC)cn1. The molecule has 4 aromatic rings. The Morgan fingerprint density at radius 3 is 2.64 bits per heavy atom. The number of carbonyl (C=O) groups excluding carboxylic acids is 1. The van der Waals surface area contributed by atoms with Gasteiger partial charge < -0.3 is 24.5 Å². The van der Waals surface area contributed by atoms with E-state index in [1.807, 2.05) is 30.3 Å². The average molecular weight is 378 g/mol. The number of furan rings is 1. The Morgan fingerprint density at radius 2 is 1.89 bits per heavy atom. The maximum atomic E-state index is 12.3. The molecule has 0 bridgehead atoms. The number of fused-ring (bicyclic) bond motifs is 3. The highest BCUT2D eigenvalue weighted by atomic mass is 16.5. The lowest BCUT2D eigenvalue weighted by molar-refractivity contribution is 0.251. The molecule has 0 spiro atoms. The summed E-state index contributed by atoms with van der Waals surface area (Å²) in [4.78, 5) is 20.5. The van der Waals surface area contributed by atoms with Crippen LogP contribution in [0.15, 0.2) is 53.2 Å². The number of para-hydroxylation sites is 1. The number of amides is 2. The second-order valence-corrected chi connectivity index (χ2v) is 6.00. The van der Waals surface area contributed by atoms with Crippen LogP contribution in [-0.4, -0.2) is 30.2 Å². The summed E-state index contributed by atoms with van der Waals surface area (Å²) in [5.74, 6) is 0.954. The number of benzene rings is 2. The molecule has 0 radical (unpaired) electrons. The van der Waals surface area contributed by atoms with E-state index in [4.69, 9.17) is 13.9 Å². The predicted molar refractivity (Wildman–Crippen MR) is 105 cm³/mol. The number of rotatable bonds is 5. The summed E-state index contributed by atoms with van der Waals surface area (Å²) >= 11 is 0. The minimum absolute atomic E-state index is 0.220. The fourth-order valence-electron chi connectivity index (χ4n) is 2.90. The molecule has 2 N–H and O–H groups in total. The van der Waals surface area contributed by atoms with Gasteiger partial charge in [0.25, 0.3) is 0 Å². The topological polar surface area (TPSA) is 98.5 Å². The van der Waals surface area contributed by atoms with E-state index >= 15 is 0 Å². The van der Waals surface area contributed by atoms with E-state index < -0.39 is 6.03 Å². The van der Waals surface area contributed by atoms with Gasteiger partial charge in [0, 0.05) is 16.8 Å². The molecular weight excluding hydrogens is 360 g/mol. The quantitative estimate of drug-likeness (QED) is 0.549. The molecule has 142 valence electrons. The number of carbonyl (C=O) groups is 1. The Morgan fingerprint density at radius 1 is 1.04 bits per heavy atom. The van der Waals surface area contributed by atoms with Crippen LogP contribution in [0.5, 0.6) is 11.6 Å². The van der Waals surface area contributed by atoms with Crippen molar-refractivity contribution in [2.75, 3.05) is 19.5 Å². The van der Waals surface area contributed by atoms with E-state index in [1.54, 1.807) is 19.4 Å². The fourth-order valence-corrected chi connectivity index (χ4v) is 2.90. The third-order valence-electron chi connectivity index (χ3n) is 4.27. The first kappa shape index (κ1) is 17.6. The number of nitrogens with zero attached hydrogens (tertiary/aromatic N) is 2. The van der Waals surface area contributed by atoms with Crippen LogP contribution < -0.4 is 20.1 Å².